The molecule has 5 heteroatoms. The van der Waals surface area contributed by atoms with Crippen LogP contribution in [0.2, 0.25) is 0 Å². The summed E-state index contributed by atoms with van der Waals surface area (Å²) >= 11 is 0. The second-order valence-electron chi connectivity index (χ2n) is 4.61. The van der Waals surface area contributed by atoms with Crippen LogP contribution in [0.25, 0.3) is 12.2 Å². The summed E-state index contributed by atoms with van der Waals surface area (Å²) in [7, 11) is 1.49. The third-order valence-corrected chi connectivity index (χ3v) is 3.03. The van der Waals surface area contributed by atoms with E-state index in [1.807, 2.05) is 0 Å². The smallest absolute Gasteiger partial charge is 0.416 e. The quantitative estimate of drug-likeness (QED) is 0.604. The van der Waals surface area contributed by atoms with E-state index in [2.05, 4.69) is 0 Å². The van der Waals surface area contributed by atoms with Gasteiger partial charge in [0.2, 0.25) is 0 Å². The van der Waals surface area contributed by atoms with Crippen molar-refractivity contribution < 1.29 is 22.7 Å². The molecule has 0 saturated carbocycles. The van der Waals surface area contributed by atoms with Gasteiger partial charge in [0.25, 0.3) is 0 Å². The van der Waals surface area contributed by atoms with Gasteiger partial charge in [0.15, 0.2) is 0 Å². The van der Waals surface area contributed by atoms with Crippen LogP contribution in [0, 0.1) is 0 Å². The van der Waals surface area contributed by atoms with Crippen LogP contribution in [0.5, 0.6) is 5.75 Å². The van der Waals surface area contributed by atoms with E-state index in [-0.39, 0.29) is 0 Å². The van der Waals surface area contributed by atoms with Crippen molar-refractivity contribution in [1.29, 1.82) is 0 Å². The lowest BCUT2D eigenvalue weighted by Crippen LogP contribution is -2.03. The molecule has 0 aliphatic rings. The van der Waals surface area contributed by atoms with Crippen molar-refractivity contribution >= 4 is 18.4 Å². The fraction of sp³-hybridized carbons (Fsp3) is 0.118. The summed E-state index contributed by atoms with van der Waals surface area (Å²) in [4.78, 5) is 10.8. The van der Waals surface area contributed by atoms with E-state index in [1.165, 1.54) is 19.2 Å². The number of rotatable bonds is 4. The molecule has 2 rings (SSSR count). The van der Waals surface area contributed by atoms with Crippen LogP contribution in [0.15, 0.2) is 42.5 Å². The molecule has 0 spiro atoms. The minimum absolute atomic E-state index is 0.464. The largest absolute Gasteiger partial charge is 0.497 e. The maximum Gasteiger partial charge on any atom is 0.416 e. The third-order valence-electron chi connectivity index (χ3n) is 3.03. The van der Waals surface area contributed by atoms with Gasteiger partial charge in [0.1, 0.15) is 12.0 Å². The first-order valence-electron chi connectivity index (χ1n) is 6.42. The summed E-state index contributed by atoms with van der Waals surface area (Å²) in [6.45, 7) is 0. The van der Waals surface area contributed by atoms with E-state index in [9.17, 15) is 18.0 Å². The van der Waals surface area contributed by atoms with Crippen molar-refractivity contribution in [2.45, 2.75) is 6.18 Å². The number of carbonyl (C=O) groups is 1. The molecule has 114 valence electrons. The Balaban J connectivity index is 2.23. The zero-order chi connectivity index (χ0) is 16.2. The van der Waals surface area contributed by atoms with Crippen molar-refractivity contribution in [2.75, 3.05) is 7.11 Å². The molecule has 0 aliphatic carbocycles. The molecular formula is C17H13F3O2. The van der Waals surface area contributed by atoms with Gasteiger partial charge in [-0.25, -0.2) is 0 Å². The first-order valence-corrected chi connectivity index (χ1v) is 6.42. The average molecular weight is 306 g/mol. The first-order chi connectivity index (χ1) is 10.4. The molecule has 0 radical (unpaired) electrons. The van der Waals surface area contributed by atoms with Crippen molar-refractivity contribution in [1.82, 2.24) is 0 Å². The van der Waals surface area contributed by atoms with Crippen molar-refractivity contribution in [3.8, 4) is 5.75 Å². The highest BCUT2D eigenvalue weighted by Gasteiger charge is 2.29. The van der Waals surface area contributed by atoms with Crippen LogP contribution >= 0.6 is 0 Å². The molecule has 0 bridgehead atoms. The number of ether oxygens (including phenoxy) is 1. The zero-order valence-electron chi connectivity index (χ0n) is 11.7. The maximum absolute atomic E-state index is 12.5. The third kappa shape index (κ3) is 3.97. The highest BCUT2D eigenvalue weighted by molar-refractivity contribution is 5.79. The second-order valence-corrected chi connectivity index (χ2v) is 4.61. The van der Waals surface area contributed by atoms with Crippen LogP contribution in [-0.2, 0) is 6.18 Å². The van der Waals surface area contributed by atoms with Crippen LogP contribution in [0.3, 0.4) is 0 Å². The molecule has 0 unspecified atom stereocenters. The Hall–Kier alpha value is -2.56. The van der Waals surface area contributed by atoms with Gasteiger partial charge in [0, 0.05) is 5.56 Å². The number of hydrogen-bond donors (Lipinski definition) is 0. The van der Waals surface area contributed by atoms with Crippen LogP contribution in [-0.4, -0.2) is 13.4 Å². The Morgan fingerprint density at radius 2 is 1.50 bits per heavy atom. The molecule has 2 aromatic rings. The van der Waals surface area contributed by atoms with Gasteiger partial charge in [-0.15, -0.1) is 0 Å². The molecule has 0 amide bonds. The normalized spacial score (nSPS) is 11.6. The summed E-state index contributed by atoms with van der Waals surface area (Å²) in [5.74, 6) is 0.539. The lowest BCUT2D eigenvalue weighted by molar-refractivity contribution is -0.137. The maximum atomic E-state index is 12.5. The van der Waals surface area contributed by atoms with Gasteiger partial charge in [-0.05, 0) is 41.5 Å². The Labute approximate surface area is 125 Å². The number of aldehydes is 1. The average Bonchev–Trinajstić information content (AvgIpc) is 2.52. The van der Waals surface area contributed by atoms with Gasteiger partial charge in [0.05, 0.1) is 12.7 Å². The molecular weight excluding hydrogens is 293 g/mol. The molecule has 0 aliphatic heterocycles. The number of halogens is 3. The van der Waals surface area contributed by atoms with Crippen molar-refractivity contribution in [2.24, 2.45) is 0 Å². The van der Waals surface area contributed by atoms with Gasteiger partial charge in [-0.2, -0.15) is 13.2 Å². The standard InChI is InChI=1S/C17H13F3O2/c1-22-16-9-13(8-14(10-16)11-21)3-2-12-4-6-15(7-5-12)17(18,19)20/h2-11H,1H3/b3-2+. The van der Waals surface area contributed by atoms with E-state index in [0.29, 0.717) is 23.2 Å². The van der Waals surface area contributed by atoms with Gasteiger partial charge in [-0.1, -0.05) is 24.3 Å². The molecule has 0 saturated heterocycles. The molecule has 0 fully saturated rings. The molecule has 0 aromatic heterocycles. The summed E-state index contributed by atoms with van der Waals surface area (Å²) in [5, 5.41) is 0. The predicted molar refractivity (Wildman–Crippen MR) is 78.8 cm³/mol. The van der Waals surface area contributed by atoms with E-state index < -0.39 is 11.7 Å². The van der Waals surface area contributed by atoms with Crippen LogP contribution in [0.4, 0.5) is 13.2 Å². The molecule has 2 aromatic carbocycles. The van der Waals surface area contributed by atoms with Crippen molar-refractivity contribution in [3.05, 3.63) is 64.7 Å². The van der Waals surface area contributed by atoms with E-state index >= 15 is 0 Å². The molecule has 0 N–H and O–H groups in total. The monoisotopic (exact) mass is 306 g/mol. The van der Waals surface area contributed by atoms with Gasteiger partial charge >= 0.3 is 6.18 Å². The summed E-state index contributed by atoms with van der Waals surface area (Å²) in [6, 6.07) is 9.83. The minimum atomic E-state index is -4.34. The van der Waals surface area contributed by atoms with Crippen LogP contribution in [0.1, 0.15) is 27.0 Å². The zero-order valence-corrected chi connectivity index (χ0v) is 11.7. The number of benzene rings is 2. The highest BCUT2D eigenvalue weighted by atomic mass is 19.4. The fourth-order valence-corrected chi connectivity index (χ4v) is 1.90. The second kappa shape index (κ2) is 6.47. The minimum Gasteiger partial charge on any atom is -0.497 e. The van der Waals surface area contributed by atoms with E-state index in [0.717, 1.165) is 17.7 Å². The van der Waals surface area contributed by atoms with Crippen LogP contribution < -0.4 is 4.74 Å². The SMILES string of the molecule is COc1cc(C=O)cc(/C=C/c2ccc(C(F)(F)F)cc2)c1. The lowest BCUT2D eigenvalue weighted by atomic mass is 10.1. The number of methoxy groups -OCH3 is 1. The molecule has 0 atom stereocenters. The fourth-order valence-electron chi connectivity index (χ4n) is 1.90. The topological polar surface area (TPSA) is 26.3 Å². The summed E-state index contributed by atoms with van der Waals surface area (Å²) < 4.78 is 42.5. The Bertz CT molecular complexity index is 686. The molecule has 22 heavy (non-hydrogen) atoms. The Morgan fingerprint density at radius 1 is 0.909 bits per heavy atom. The first kappa shape index (κ1) is 15.8. The van der Waals surface area contributed by atoms with E-state index in [4.69, 9.17) is 4.74 Å². The predicted octanol–water partition coefficient (Wildman–Crippen LogP) is 4.70. The Kier molecular flexibility index (Phi) is 4.65. The van der Waals surface area contributed by atoms with Crippen molar-refractivity contribution in [3.63, 3.8) is 0 Å². The van der Waals surface area contributed by atoms with Gasteiger partial charge in [-0.3, -0.25) is 4.79 Å². The van der Waals surface area contributed by atoms with Gasteiger partial charge < -0.3 is 4.74 Å². The lowest BCUT2D eigenvalue weighted by Gasteiger charge is -2.06. The highest BCUT2D eigenvalue weighted by Crippen LogP contribution is 2.29. The summed E-state index contributed by atoms with van der Waals surface area (Å²) in [5.41, 5.74) is 1.13. The molecule has 0 heterocycles. The Morgan fingerprint density at radius 3 is 2.05 bits per heavy atom. The number of carbonyl (C=O) groups excluding carboxylic acids is 1. The van der Waals surface area contributed by atoms with E-state index in [1.54, 1.807) is 30.4 Å². The number of alkyl halides is 3. The summed E-state index contributed by atoms with van der Waals surface area (Å²) in [6.07, 6.45) is -0.256. The molecule has 2 nitrogen and oxygen atoms in total. The number of hydrogen-bond acceptors (Lipinski definition) is 2.